The van der Waals surface area contributed by atoms with E-state index in [2.05, 4.69) is 14.2 Å². The fourth-order valence-electron chi connectivity index (χ4n) is 2.27. The van der Waals surface area contributed by atoms with Crippen LogP contribution in [0.3, 0.4) is 0 Å². The number of carboxylic acid groups (broad SMARTS) is 6. The van der Waals surface area contributed by atoms with E-state index in [0.717, 1.165) is 21.3 Å². The number of esters is 3. The van der Waals surface area contributed by atoms with Crippen molar-refractivity contribution >= 4 is 88.4 Å². The van der Waals surface area contributed by atoms with E-state index in [1.165, 1.54) is 0 Å². The first-order valence-corrected chi connectivity index (χ1v) is 10.6. The van der Waals surface area contributed by atoms with Crippen LogP contribution in [0, 0.1) is 0 Å². The molecule has 3 atom stereocenters. The van der Waals surface area contributed by atoms with Gasteiger partial charge in [-0.05, 0) is 0 Å². The van der Waals surface area contributed by atoms with E-state index in [-0.39, 0.29) is 34.7 Å². The fraction of sp³-hybridized carbons (Fsp3) is 0.571. The maximum atomic E-state index is 10.6. The second kappa shape index (κ2) is 22.7. The van der Waals surface area contributed by atoms with E-state index in [1.807, 2.05) is 0 Å². The molecule has 0 aliphatic heterocycles. The van der Waals surface area contributed by atoms with Gasteiger partial charge in [-0.1, -0.05) is 0 Å². The summed E-state index contributed by atoms with van der Waals surface area (Å²) in [6.07, 6.45) is -6.70. The van der Waals surface area contributed by atoms with Crippen LogP contribution in [-0.4, -0.2) is 142 Å². The minimum atomic E-state index is -2.79. The maximum absolute atomic E-state index is 10.6. The third kappa shape index (κ3) is 21.0. The molecule has 21 nitrogen and oxygen atoms in total. The largest absolute Gasteiger partial charge is 3.00 e. The van der Waals surface area contributed by atoms with Gasteiger partial charge in [0.05, 0.1) is 58.5 Å². The van der Waals surface area contributed by atoms with Crippen LogP contribution in [0.5, 0.6) is 0 Å². The van der Waals surface area contributed by atoms with Gasteiger partial charge in [0, 0.05) is 37.2 Å². The molecule has 0 bridgehead atoms. The van der Waals surface area contributed by atoms with Crippen LogP contribution in [0.1, 0.15) is 38.5 Å². The van der Waals surface area contributed by atoms with Crippen molar-refractivity contribution in [3.05, 3.63) is 0 Å². The Kier molecular flexibility index (Phi) is 25.7. The minimum absolute atomic E-state index is 0. The Hall–Kier alpha value is -3.83. The standard InChI is InChI=1S/3C7H10O7.2Al/c3*1-14-5(10)3-7(13,6(11)12)2-4(8)9;;/h3*13H,2-3H2,1H3,(H,8,9)(H,11,12);;/q;;;2*+3/p-6. The average Bonchev–Trinajstić information content (AvgIpc) is 2.82. The molecular weight excluding hydrogens is 642 g/mol. The number of carbonyl (C=O) groups excluding carboxylic acids is 9. The summed E-state index contributed by atoms with van der Waals surface area (Å²) >= 11 is 0. The summed E-state index contributed by atoms with van der Waals surface area (Å²) in [5, 5.41) is 88.8. The zero-order chi connectivity index (χ0) is 34.1. The van der Waals surface area contributed by atoms with Gasteiger partial charge in [-0.2, -0.15) is 0 Å². The Labute approximate surface area is 268 Å². The topological polar surface area (TPSA) is 380 Å². The first kappa shape index (κ1) is 49.8. The Balaban J connectivity index is -0.000000169. The van der Waals surface area contributed by atoms with Crippen LogP contribution >= 0.6 is 0 Å². The first-order chi connectivity index (χ1) is 18.9. The Morgan fingerprint density at radius 1 is 0.432 bits per heavy atom. The van der Waals surface area contributed by atoms with Gasteiger partial charge in [0.15, 0.2) is 0 Å². The van der Waals surface area contributed by atoms with Crippen molar-refractivity contribution in [1.29, 1.82) is 0 Å². The predicted octanol–water partition coefficient (Wildman–Crippen LogP) is -12.3. The molecule has 0 fully saturated rings. The number of rotatable bonds is 15. The van der Waals surface area contributed by atoms with Crippen molar-refractivity contribution in [3.8, 4) is 0 Å². The number of methoxy groups -OCH3 is 3. The van der Waals surface area contributed by atoms with Crippen molar-refractivity contribution in [3.63, 3.8) is 0 Å². The summed E-state index contributed by atoms with van der Waals surface area (Å²) in [6, 6.07) is 0. The van der Waals surface area contributed by atoms with Crippen LogP contribution in [0.15, 0.2) is 0 Å². The van der Waals surface area contributed by atoms with Gasteiger partial charge in [-0.25, -0.2) is 0 Å². The summed E-state index contributed by atoms with van der Waals surface area (Å²) in [6.45, 7) is 0. The Bertz CT molecular complexity index is 916. The van der Waals surface area contributed by atoms with Crippen LogP contribution in [0.25, 0.3) is 0 Å². The molecule has 0 spiro atoms. The minimum Gasteiger partial charge on any atom is -0.550 e. The summed E-state index contributed by atoms with van der Waals surface area (Å²) in [7, 11) is 2.91. The molecule has 3 unspecified atom stereocenters. The first-order valence-electron chi connectivity index (χ1n) is 10.6. The normalized spacial score (nSPS) is 13.5. The summed E-state index contributed by atoms with van der Waals surface area (Å²) in [5.41, 5.74) is -8.36. The molecule has 240 valence electrons. The molecule has 0 radical (unpaired) electrons. The number of hydrogen-bond acceptors (Lipinski definition) is 21. The van der Waals surface area contributed by atoms with Crippen molar-refractivity contribution in [2.45, 2.75) is 55.3 Å². The third-order valence-electron chi connectivity index (χ3n) is 4.44. The summed E-state index contributed by atoms with van der Waals surface area (Å²) < 4.78 is 12.2. The van der Waals surface area contributed by atoms with Gasteiger partial charge in [0.25, 0.3) is 0 Å². The van der Waals surface area contributed by atoms with Crippen LogP contribution in [0.2, 0.25) is 0 Å². The fourth-order valence-corrected chi connectivity index (χ4v) is 2.27. The zero-order valence-corrected chi connectivity index (χ0v) is 25.4. The molecule has 44 heavy (non-hydrogen) atoms. The number of carbonyl (C=O) groups is 9. The van der Waals surface area contributed by atoms with Crippen molar-refractivity contribution in [2.75, 3.05) is 21.3 Å². The van der Waals surface area contributed by atoms with E-state index in [0.29, 0.717) is 0 Å². The molecule has 0 aliphatic rings. The van der Waals surface area contributed by atoms with E-state index < -0.39 is 109 Å². The Morgan fingerprint density at radius 3 is 0.682 bits per heavy atom. The molecule has 23 heteroatoms. The second-order valence-corrected chi connectivity index (χ2v) is 7.86. The maximum Gasteiger partial charge on any atom is 3.00 e. The van der Waals surface area contributed by atoms with E-state index in [4.69, 9.17) is 0 Å². The third-order valence-corrected chi connectivity index (χ3v) is 4.44. The van der Waals surface area contributed by atoms with Gasteiger partial charge in [0.2, 0.25) is 0 Å². The van der Waals surface area contributed by atoms with Gasteiger partial charge in [-0.3, -0.25) is 14.4 Å². The molecule has 0 aliphatic carbocycles. The number of aliphatic carboxylic acids is 6. The smallest absolute Gasteiger partial charge is 0.550 e. The van der Waals surface area contributed by atoms with Crippen molar-refractivity contribution in [2.24, 2.45) is 0 Å². The van der Waals surface area contributed by atoms with Crippen molar-refractivity contribution in [1.82, 2.24) is 0 Å². The molecule has 0 rings (SSSR count). The number of aliphatic hydroxyl groups is 3. The van der Waals surface area contributed by atoms with Crippen LogP contribution in [-0.2, 0) is 57.4 Å². The monoisotopic (exact) mass is 666 g/mol. The molecule has 0 amide bonds. The van der Waals surface area contributed by atoms with Crippen LogP contribution < -0.4 is 30.6 Å². The molecule has 0 aromatic heterocycles. The zero-order valence-electron chi connectivity index (χ0n) is 23.1. The van der Waals surface area contributed by atoms with Gasteiger partial charge in [0.1, 0.15) is 16.8 Å². The summed E-state index contributed by atoms with van der Waals surface area (Å²) in [5.74, 6) is -14.8. The van der Waals surface area contributed by atoms with E-state index >= 15 is 0 Å². The molecule has 3 N–H and O–H groups in total. The van der Waals surface area contributed by atoms with E-state index in [1.54, 1.807) is 0 Å². The SMILES string of the molecule is COC(=O)CC(O)(CC(=O)[O-])C(=O)[O-].COC(=O)CC(O)(CC(=O)[O-])C(=O)[O-].COC(=O)CC(O)(CC(=O)[O-])C(=O)[O-].[Al+3].[Al+3]. The average molecular weight is 666 g/mol. The number of carboxylic acids is 6. The van der Waals surface area contributed by atoms with Gasteiger partial charge in [-0.15, -0.1) is 0 Å². The quantitative estimate of drug-likeness (QED) is 0.0829. The summed E-state index contributed by atoms with van der Waals surface area (Å²) in [4.78, 5) is 93.1. The Morgan fingerprint density at radius 2 is 0.591 bits per heavy atom. The molecule has 0 aromatic rings. The van der Waals surface area contributed by atoms with Crippen LogP contribution in [0.4, 0.5) is 0 Å². The predicted molar refractivity (Wildman–Crippen MR) is 120 cm³/mol. The molecular formula is C21H24Al2O21. The number of ether oxygens (including phenoxy) is 3. The van der Waals surface area contributed by atoms with Gasteiger partial charge >= 0.3 is 52.6 Å². The molecule has 0 saturated heterocycles. The van der Waals surface area contributed by atoms with Crippen molar-refractivity contribution < 1.29 is 103 Å². The second-order valence-electron chi connectivity index (χ2n) is 7.86. The molecule has 0 aromatic carbocycles. The number of hydrogen-bond donors (Lipinski definition) is 3. The van der Waals surface area contributed by atoms with E-state index in [9.17, 15) is 89.1 Å². The van der Waals surface area contributed by atoms with Gasteiger partial charge < -0.3 is 88.9 Å². The molecule has 0 heterocycles. The molecule has 0 saturated carbocycles.